The maximum Gasteiger partial charge on any atom is 0.0449 e. The molecule has 0 aliphatic carbocycles. The molecular weight excluding hydrogens is 164 g/mol. The highest BCUT2D eigenvalue weighted by Crippen LogP contribution is 2.23. The van der Waals surface area contributed by atoms with Crippen molar-refractivity contribution in [1.82, 2.24) is 0 Å². The Morgan fingerprint density at radius 2 is 1.67 bits per heavy atom. The largest absolute Gasteiger partial charge is 0.114 e. The van der Waals surface area contributed by atoms with E-state index in [0.29, 0.717) is 5.25 Å². The average Bonchev–Trinajstić information content (AvgIpc) is 2.16. The van der Waals surface area contributed by atoms with Gasteiger partial charge in [-0.25, -0.2) is 0 Å². The van der Waals surface area contributed by atoms with Gasteiger partial charge in [0.15, 0.2) is 0 Å². The van der Waals surface area contributed by atoms with Crippen molar-refractivity contribution in [2.24, 2.45) is 0 Å². The first-order valence-electron chi connectivity index (χ1n) is 3.83. The molecule has 0 aliphatic heterocycles. The molecule has 1 aromatic carbocycles. The van der Waals surface area contributed by atoms with Gasteiger partial charge in [-0.3, -0.25) is 0 Å². The molecule has 1 heteroatoms. The van der Waals surface area contributed by atoms with Crippen molar-refractivity contribution in [1.29, 1.82) is 0 Å². The smallest absolute Gasteiger partial charge is 0.0449 e. The lowest BCUT2D eigenvalue weighted by Gasteiger charge is -2.05. The van der Waals surface area contributed by atoms with E-state index in [0.717, 1.165) is 0 Å². The monoisotopic (exact) mass is 176 g/mol. The summed E-state index contributed by atoms with van der Waals surface area (Å²) >= 11 is 1.75. The molecule has 0 bridgehead atoms. The van der Waals surface area contributed by atoms with Gasteiger partial charge < -0.3 is 0 Å². The van der Waals surface area contributed by atoms with Crippen LogP contribution in [-0.2, 0) is 0 Å². The molecule has 0 amide bonds. The maximum absolute atomic E-state index is 3.74. The summed E-state index contributed by atoms with van der Waals surface area (Å²) in [6.45, 7) is 7.47. The minimum Gasteiger partial charge on any atom is -0.114 e. The molecule has 0 spiro atoms. The van der Waals surface area contributed by atoms with Crippen LogP contribution in [0.2, 0.25) is 0 Å². The fourth-order valence-electron chi connectivity index (χ4n) is 0.849. The third kappa shape index (κ3) is 2.59. The minimum absolute atomic E-state index is 0.312. The van der Waals surface area contributed by atoms with Gasteiger partial charge in [0.1, 0.15) is 0 Å². The summed E-state index contributed by atoms with van der Waals surface area (Å²) in [4.78, 5) is 1.25. The van der Waals surface area contributed by atoms with Crippen LogP contribution in [-0.4, -0.2) is 5.25 Å². The van der Waals surface area contributed by atoms with Crippen LogP contribution >= 0.6 is 11.8 Å². The number of benzene rings is 1. The number of hydrogen-bond donors (Lipinski definition) is 0. The summed E-state index contributed by atoms with van der Waals surface area (Å²) in [5, 5.41) is 0.312. The third-order valence-electron chi connectivity index (χ3n) is 1.48. The molecule has 0 heterocycles. The van der Waals surface area contributed by atoms with Crippen LogP contribution < -0.4 is 0 Å². The van der Waals surface area contributed by atoms with Crippen molar-refractivity contribution in [3.8, 4) is 0 Å². The van der Waals surface area contributed by atoms with E-state index in [2.05, 4.69) is 25.3 Å². The van der Waals surface area contributed by atoms with Crippen LogP contribution in [0.1, 0.15) is 0 Å². The van der Waals surface area contributed by atoms with Gasteiger partial charge in [0, 0.05) is 10.1 Å². The molecule has 0 aliphatic rings. The molecule has 0 saturated carbocycles. The molecule has 62 valence electrons. The Bertz CT molecular complexity index is 243. The van der Waals surface area contributed by atoms with E-state index < -0.39 is 0 Å². The van der Waals surface area contributed by atoms with Crippen LogP contribution in [0.5, 0.6) is 0 Å². The van der Waals surface area contributed by atoms with Crippen molar-refractivity contribution in [3.05, 3.63) is 55.6 Å². The van der Waals surface area contributed by atoms with Crippen LogP contribution in [0.3, 0.4) is 0 Å². The van der Waals surface area contributed by atoms with Crippen molar-refractivity contribution in [2.45, 2.75) is 10.1 Å². The van der Waals surface area contributed by atoms with Gasteiger partial charge >= 0.3 is 0 Å². The van der Waals surface area contributed by atoms with Gasteiger partial charge in [0.2, 0.25) is 0 Å². The molecule has 0 atom stereocenters. The van der Waals surface area contributed by atoms with Gasteiger partial charge in [-0.15, -0.1) is 24.9 Å². The van der Waals surface area contributed by atoms with E-state index in [-0.39, 0.29) is 0 Å². The Kier molecular flexibility index (Phi) is 3.68. The first-order valence-corrected chi connectivity index (χ1v) is 4.71. The SMILES string of the molecule is C=CC(C=C)Sc1ccccc1. The zero-order chi connectivity index (χ0) is 8.81. The molecule has 0 saturated heterocycles. The summed E-state index contributed by atoms with van der Waals surface area (Å²) in [5.74, 6) is 0. The van der Waals surface area contributed by atoms with Gasteiger partial charge in [-0.1, -0.05) is 30.4 Å². The molecule has 0 aromatic heterocycles. The predicted octanol–water partition coefficient (Wildman–Crippen LogP) is 3.52. The molecule has 0 fully saturated rings. The Labute approximate surface area is 78.0 Å². The lowest BCUT2D eigenvalue weighted by Crippen LogP contribution is -1.89. The van der Waals surface area contributed by atoms with E-state index in [1.807, 2.05) is 30.4 Å². The second kappa shape index (κ2) is 4.83. The summed E-state index contributed by atoms with van der Waals surface area (Å²) in [7, 11) is 0. The quantitative estimate of drug-likeness (QED) is 0.499. The topological polar surface area (TPSA) is 0 Å². The second-order valence-electron chi connectivity index (χ2n) is 2.37. The first kappa shape index (κ1) is 9.14. The fraction of sp³-hybridized carbons (Fsp3) is 0.0909. The van der Waals surface area contributed by atoms with E-state index >= 15 is 0 Å². The van der Waals surface area contributed by atoms with Crippen LogP contribution in [0.25, 0.3) is 0 Å². The van der Waals surface area contributed by atoms with E-state index in [4.69, 9.17) is 0 Å². The molecule has 0 unspecified atom stereocenters. The number of thioether (sulfide) groups is 1. The summed E-state index contributed by atoms with van der Waals surface area (Å²) in [6.07, 6.45) is 3.79. The Morgan fingerprint density at radius 1 is 1.08 bits per heavy atom. The van der Waals surface area contributed by atoms with Gasteiger partial charge in [-0.05, 0) is 12.1 Å². The zero-order valence-electron chi connectivity index (χ0n) is 6.94. The molecule has 12 heavy (non-hydrogen) atoms. The lowest BCUT2D eigenvalue weighted by molar-refractivity contribution is 1.39. The first-order chi connectivity index (χ1) is 5.86. The lowest BCUT2D eigenvalue weighted by atomic mass is 10.4. The fourth-order valence-corrected chi connectivity index (χ4v) is 1.67. The van der Waals surface area contributed by atoms with Crippen molar-refractivity contribution in [2.75, 3.05) is 0 Å². The molecule has 0 nitrogen and oxygen atoms in total. The van der Waals surface area contributed by atoms with Gasteiger partial charge in [-0.2, -0.15) is 0 Å². The second-order valence-corrected chi connectivity index (χ2v) is 3.62. The highest BCUT2D eigenvalue weighted by atomic mass is 32.2. The summed E-state index contributed by atoms with van der Waals surface area (Å²) in [5.41, 5.74) is 0. The maximum atomic E-state index is 3.74. The van der Waals surface area contributed by atoms with Gasteiger partial charge in [0.25, 0.3) is 0 Å². The molecule has 0 N–H and O–H groups in total. The summed E-state index contributed by atoms with van der Waals surface area (Å²) < 4.78 is 0. The van der Waals surface area contributed by atoms with Crippen molar-refractivity contribution >= 4 is 11.8 Å². The summed E-state index contributed by atoms with van der Waals surface area (Å²) in [6, 6.07) is 10.3. The highest BCUT2D eigenvalue weighted by Gasteiger charge is 1.99. The Hall–Kier alpha value is -0.950. The minimum atomic E-state index is 0.312. The number of rotatable bonds is 4. The zero-order valence-corrected chi connectivity index (χ0v) is 7.76. The van der Waals surface area contributed by atoms with E-state index in [1.165, 1.54) is 4.90 Å². The third-order valence-corrected chi connectivity index (χ3v) is 2.68. The standard InChI is InChI=1S/C11H12S/c1-3-10(4-2)12-11-8-6-5-7-9-11/h3-10H,1-2H2. The Balaban J connectivity index is 2.62. The average molecular weight is 176 g/mol. The Morgan fingerprint density at radius 3 is 2.17 bits per heavy atom. The highest BCUT2D eigenvalue weighted by molar-refractivity contribution is 8.00. The predicted molar refractivity (Wildman–Crippen MR) is 56.5 cm³/mol. The number of hydrogen-bond acceptors (Lipinski definition) is 1. The van der Waals surface area contributed by atoms with Crippen molar-refractivity contribution < 1.29 is 0 Å². The van der Waals surface area contributed by atoms with Crippen molar-refractivity contribution in [3.63, 3.8) is 0 Å². The molecule has 1 aromatic rings. The molecule has 1 rings (SSSR count). The van der Waals surface area contributed by atoms with Crippen LogP contribution in [0.15, 0.2) is 60.5 Å². The van der Waals surface area contributed by atoms with Gasteiger partial charge in [0.05, 0.1) is 0 Å². The molecule has 0 radical (unpaired) electrons. The molecular formula is C11H12S. The normalized spacial score (nSPS) is 9.75. The van der Waals surface area contributed by atoms with E-state index in [9.17, 15) is 0 Å². The van der Waals surface area contributed by atoms with Crippen LogP contribution in [0, 0.1) is 0 Å². The van der Waals surface area contributed by atoms with E-state index in [1.54, 1.807) is 11.8 Å². The van der Waals surface area contributed by atoms with Crippen LogP contribution in [0.4, 0.5) is 0 Å².